The van der Waals surface area contributed by atoms with E-state index in [2.05, 4.69) is 20.8 Å². The number of rotatable bonds is 5. The molecule has 0 saturated carbocycles. The third-order valence-corrected chi connectivity index (χ3v) is 3.32. The average Bonchev–Trinajstić information content (AvgIpc) is 3.20. The number of nitrogens with one attached hydrogen (secondary N) is 2. The maximum absolute atomic E-state index is 11.9. The van der Waals surface area contributed by atoms with Crippen LogP contribution < -0.4 is 10.6 Å². The zero-order valence-electron chi connectivity index (χ0n) is 11.1. The number of carbonyl (C=O) groups excluding carboxylic acids is 1. The van der Waals surface area contributed by atoms with Crippen molar-refractivity contribution in [3.63, 3.8) is 0 Å². The number of hydrogen-bond acceptors (Lipinski definition) is 5. The quantitative estimate of drug-likeness (QED) is 0.840. The Hall–Kier alpha value is -2.15. The summed E-state index contributed by atoms with van der Waals surface area (Å²) in [4.78, 5) is 16.0. The van der Waals surface area contributed by atoms with Crippen LogP contribution in [-0.4, -0.2) is 33.7 Å². The van der Waals surface area contributed by atoms with Crippen molar-refractivity contribution in [2.24, 2.45) is 0 Å². The van der Waals surface area contributed by atoms with Crippen LogP contribution in [0.5, 0.6) is 0 Å². The van der Waals surface area contributed by atoms with E-state index in [0.29, 0.717) is 19.0 Å². The van der Waals surface area contributed by atoms with Crippen LogP contribution in [0.4, 0.5) is 0 Å². The summed E-state index contributed by atoms with van der Waals surface area (Å²) in [5.74, 6) is 0.296. The summed E-state index contributed by atoms with van der Waals surface area (Å²) in [6.45, 7) is 2.19. The smallest absolute Gasteiger partial charge is 0.292 e. The maximum Gasteiger partial charge on any atom is 0.292 e. The summed E-state index contributed by atoms with van der Waals surface area (Å²) >= 11 is 0. The molecule has 0 aromatic carbocycles. The minimum absolute atomic E-state index is 0.0870. The van der Waals surface area contributed by atoms with Gasteiger partial charge in [-0.15, -0.1) is 0 Å². The molecule has 0 radical (unpaired) electrons. The molecular weight excluding hydrogens is 258 g/mol. The Morgan fingerprint density at radius 3 is 3.10 bits per heavy atom. The molecule has 1 aliphatic rings. The normalized spacial score (nSPS) is 18.3. The van der Waals surface area contributed by atoms with Crippen molar-refractivity contribution in [1.82, 2.24) is 25.3 Å². The lowest BCUT2D eigenvalue weighted by atomic mass is 10.2. The van der Waals surface area contributed by atoms with Crippen molar-refractivity contribution < 1.29 is 9.32 Å². The van der Waals surface area contributed by atoms with Gasteiger partial charge in [-0.25, -0.2) is 0 Å². The summed E-state index contributed by atoms with van der Waals surface area (Å²) in [6.07, 6.45) is 5.96. The first-order valence-corrected chi connectivity index (χ1v) is 6.79. The summed E-state index contributed by atoms with van der Waals surface area (Å²) in [5.41, 5.74) is 0. The second-order valence-electron chi connectivity index (χ2n) is 4.78. The molecule has 2 aromatic rings. The molecule has 0 bridgehead atoms. The van der Waals surface area contributed by atoms with Gasteiger partial charge in [-0.3, -0.25) is 4.79 Å². The first-order chi connectivity index (χ1) is 9.83. The highest BCUT2D eigenvalue weighted by atomic mass is 16.5. The highest BCUT2D eigenvalue weighted by Crippen LogP contribution is 2.20. The molecule has 7 heteroatoms. The molecule has 1 aliphatic heterocycles. The van der Waals surface area contributed by atoms with E-state index >= 15 is 0 Å². The van der Waals surface area contributed by atoms with Gasteiger partial charge < -0.3 is 19.7 Å². The minimum Gasteiger partial charge on any atom is -0.353 e. The topological polar surface area (TPSA) is 85.0 Å². The number of aromatic nitrogens is 3. The predicted molar refractivity (Wildman–Crippen MR) is 71.0 cm³/mol. The van der Waals surface area contributed by atoms with Crippen molar-refractivity contribution >= 4 is 5.91 Å². The Bertz CT molecular complexity index is 557. The molecule has 1 fully saturated rings. The van der Waals surface area contributed by atoms with Crippen molar-refractivity contribution in [2.75, 3.05) is 13.1 Å². The van der Waals surface area contributed by atoms with Gasteiger partial charge in [-0.1, -0.05) is 5.16 Å². The molecule has 7 nitrogen and oxygen atoms in total. The van der Waals surface area contributed by atoms with Crippen LogP contribution >= 0.6 is 0 Å². The Morgan fingerprint density at radius 1 is 1.50 bits per heavy atom. The van der Waals surface area contributed by atoms with Gasteiger partial charge in [-0.05, 0) is 31.5 Å². The van der Waals surface area contributed by atoms with Gasteiger partial charge in [0, 0.05) is 25.5 Å². The Labute approximate surface area is 116 Å². The van der Waals surface area contributed by atoms with Gasteiger partial charge in [-0.2, -0.15) is 4.98 Å². The van der Waals surface area contributed by atoms with Gasteiger partial charge in [0.05, 0.1) is 6.04 Å². The lowest BCUT2D eigenvalue weighted by molar-refractivity contribution is 0.0939. The highest BCUT2D eigenvalue weighted by Gasteiger charge is 2.24. The fourth-order valence-corrected chi connectivity index (χ4v) is 2.26. The second-order valence-corrected chi connectivity index (χ2v) is 4.78. The molecular formula is C13H17N5O2. The van der Waals surface area contributed by atoms with E-state index in [0.717, 1.165) is 19.4 Å². The predicted octanol–water partition coefficient (Wildman–Crippen LogP) is 0.726. The van der Waals surface area contributed by atoms with E-state index in [1.807, 2.05) is 29.1 Å². The highest BCUT2D eigenvalue weighted by molar-refractivity contribution is 5.90. The molecule has 0 aliphatic carbocycles. The lowest BCUT2D eigenvalue weighted by Crippen LogP contribution is -2.28. The third-order valence-electron chi connectivity index (χ3n) is 3.32. The van der Waals surface area contributed by atoms with E-state index in [-0.39, 0.29) is 17.8 Å². The van der Waals surface area contributed by atoms with E-state index in [4.69, 9.17) is 4.52 Å². The number of amides is 1. The first-order valence-electron chi connectivity index (χ1n) is 6.79. The molecule has 1 atom stereocenters. The summed E-state index contributed by atoms with van der Waals surface area (Å²) in [6, 6.07) is 3.98. The summed E-state index contributed by atoms with van der Waals surface area (Å²) in [5, 5.41) is 9.76. The van der Waals surface area contributed by atoms with E-state index in [9.17, 15) is 4.79 Å². The SMILES string of the molecule is O=C(NCCn1cccc1)c1noc(C2CCCN2)n1. The van der Waals surface area contributed by atoms with Crippen molar-refractivity contribution in [2.45, 2.75) is 25.4 Å². The number of nitrogens with zero attached hydrogens (tertiary/aromatic N) is 3. The Morgan fingerprint density at radius 2 is 2.35 bits per heavy atom. The summed E-state index contributed by atoms with van der Waals surface area (Å²) < 4.78 is 7.12. The van der Waals surface area contributed by atoms with Gasteiger partial charge in [0.2, 0.25) is 5.89 Å². The standard InChI is InChI=1S/C13H17N5O2/c19-12(15-6-9-18-7-1-2-8-18)11-16-13(20-17-11)10-4-3-5-14-10/h1-2,7-8,10,14H,3-6,9H2,(H,15,19). The molecule has 2 N–H and O–H groups in total. The molecule has 1 saturated heterocycles. The Kier molecular flexibility index (Phi) is 3.78. The first kappa shape index (κ1) is 12.9. The molecule has 3 rings (SSSR count). The fourth-order valence-electron chi connectivity index (χ4n) is 2.26. The van der Waals surface area contributed by atoms with Crippen LogP contribution in [0.25, 0.3) is 0 Å². The monoisotopic (exact) mass is 275 g/mol. The van der Waals surface area contributed by atoms with Crippen LogP contribution in [0.1, 0.15) is 35.4 Å². The average molecular weight is 275 g/mol. The molecule has 3 heterocycles. The molecule has 106 valence electrons. The minimum atomic E-state index is -0.301. The van der Waals surface area contributed by atoms with Crippen molar-refractivity contribution in [1.29, 1.82) is 0 Å². The molecule has 0 spiro atoms. The van der Waals surface area contributed by atoms with Gasteiger partial charge in [0.1, 0.15) is 0 Å². The molecule has 1 unspecified atom stereocenters. The maximum atomic E-state index is 11.9. The number of carbonyl (C=O) groups is 1. The Balaban J connectivity index is 1.51. The van der Waals surface area contributed by atoms with Gasteiger partial charge in [0.25, 0.3) is 11.7 Å². The zero-order chi connectivity index (χ0) is 13.8. The van der Waals surface area contributed by atoms with Crippen LogP contribution in [0, 0.1) is 0 Å². The van der Waals surface area contributed by atoms with E-state index in [1.165, 1.54) is 0 Å². The largest absolute Gasteiger partial charge is 0.353 e. The zero-order valence-corrected chi connectivity index (χ0v) is 11.1. The molecule has 2 aromatic heterocycles. The lowest BCUT2D eigenvalue weighted by Gasteiger charge is -2.03. The van der Waals surface area contributed by atoms with Crippen molar-refractivity contribution in [3.05, 3.63) is 36.2 Å². The van der Waals surface area contributed by atoms with E-state index < -0.39 is 0 Å². The van der Waals surface area contributed by atoms with Crippen LogP contribution in [0.3, 0.4) is 0 Å². The third kappa shape index (κ3) is 2.88. The summed E-state index contributed by atoms with van der Waals surface area (Å²) in [7, 11) is 0. The molecule has 20 heavy (non-hydrogen) atoms. The van der Waals surface area contributed by atoms with E-state index in [1.54, 1.807) is 0 Å². The fraction of sp³-hybridized carbons (Fsp3) is 0.462. The van der Waals surface area contributed by atoms with Gasteiger partial charge >= 0.3 is 0 Å². The molecule has 1 amide bonds. The second kappa shape index (κ2) is 5.87. The number of hydrogen-bond donors (Lipinski definition) is 2. The van der Waals surface area contributed by atoms with Crippen LogP contribution in [-0.2, 0) is 6.54 Å². The van der Waals surface area contributed by atoms with Crippen molar-refractivity contribution in [3.8, 4) is 0 Å². The van der Waals surface area contributed by atoms with Gasteiger partial charge in [0.15, 0.2) is 0 Å². The van der Waals surface area contributed by atoms with Crippen LogP contribution in [0.2, 0.25) is 0 Å². The van der Waals surface area contributed by atoms with Crippen LogP contribution in [0.15, 0.2) is 29.0 Å².